The van der Waals surface area contributed by atoms with Crippen molar-refractivity contribution in [3.05, 3.63) is 459 Å². The highest BCUT2D eigenvalue weighted by atomic mass is 16.5. The zero-order valence-electron chi connectivity index (χ0n) is 60.2. The van der Waals surface area contributed by atoms with Gasteiger partial charge in [-0.2, -0.15) is 0 Å². The Morgan fingerprint density at radius 3 is 0.814 bits per heavy atom. The molecule has 0 aliphatic heterocycles. The molecule has 0 radical (unpaired) electrons. The second-order valence-corrected chi connectivity index (χ2v) is 25.2. The number of phenols is 1. The topological polar surface area (TPSA) is 73.9 Å². The summed E-state index contributed by atoms with van der Waals surface area (Å²) in [5.41, 5.74) is 27.3. The van der Waals surface area contributed by atoms with Gasteiger partial charge in [0.25, 0.3) is 0 Å². The van der Waals surface area contributed by atoms with Gasteiger partial charge in [-0.25, -0.2) is 0 Å². The van der Waals surface area contributed by atoms with E-state index in [1.54, 1.807) is 12.1 Å². The SMILES string of the molecule is CCc1ccc(Oc2ccccc2)cc1.Cc1ccc(Cc2ccc(O)cc2)cc1.Cc1ccc(Cc2ccccc2)cc1.Cc1ccc(Cc2ccccc2)cc1.Cc1ccc(Cc2ccccc2)cc1.Cc1ccc(N)cc1OCc1ccccc1.Cc1ccc(Oc2ccccc2)cc1. The van der Waals surface area contributed by atoms with Crippen LogP contribution in [0.5, 0.6) is 34.5 Å². The molecule has 0 saturated carbocycles. The number of hydrogen-bond acceptors (Lipinski definition) is 5. The summed E-state index contributed by atoms with van der Waals surface area (Å²) in [7, 11) is 0. The maximum Gasteiger partial charge on any atom is 0.127 e. The van der Waals surface area contributed by atoms with E-state index in [1.165, 1.54) is 77.9 Å². The third-order valence-corrected chi connectivity index (χ3v) is 16.3. The molecular formula is C97H97NO4. The molecule has 0 amide bonds. The molecule has 514 valence electrons. The van der Waals surface area contributed by atoms with Crippen LogP contribution in [0.1, 0.15) is 95.9 Å². The maximum absolute atomic E-state index is 9.16. The van der Waals surface area contributed by atoms with Crippen LogP contribution in [0.15, 0.2) is 370 Å². The fourth-order valence-corrected chi connectivity index (χ4v) is 10.3. The Morgan fingerprint density at radius 2 is 0.500 bits per heavy atom. The Labute approximate surface area is 607 Å². The van der Waals surface area contributed by atoms with Gasteiger partial charge < -0.3 is 25.1 Å². The lowest BCUT2D eigenvalue weighted by Gasteiger charge is -2.09. The molecule has 0 fully saturated rings. The van der Waals surface area contributed by atoms with Crippen molar-refractivity contribution < 1.29 is 19.3 Å². The molecule has 0 aliphatic carbocycles. The summed E-state index contributed by atoms with van der Waals surface area (Å²) in [6.07, 6.45) is 5.07. The molecule has 5 heteroatoms. The van der Waals surface area contributed by atoms with Crippen molar-refractivity contribution in [1.82, 2.24) is 0 Å². The molecule has 0 aromatic heterocycles. The number of ether oxygens (including phenoxy) is 3. The van der Waals surface area contributed by atoms with Gasteiger partial charge >= 0.3 is 0 Å². The van der Waals surface area contributed by atoms with Gasteiger partial charge in [0, 0.05) is 11.8 Å². The summed E-state index contributed by atoms with van der Waals surface area (Å²) >= 11 is 0. The van der Waals surface area contributed by atoms with Gasteiger partial charge in [-0.15, -0.1) is 0 Å². The first-order valence-electron chi connectivity index (χ1n) is 35.0. The number of rotatable bonds is 16. The molecule has 0 bridgehead atoms. The van der Waals surface area contributed by atoms with E-state index in [2.05, 4.69) is 242 Å². The molecule has 14 aromatic carbocycles. The van der Waals surface area contributed by atoms with Gasteiger partial charge in [-0.1, -0.05) is 332 Å². The molecule has 0 atom stereocenters. The smallest absolute Gasteiger partial charge is 0.127 e. The number of benzene rings is 14. The minimum Gasteiger partial charge on any atom is -0.508 e. The molecule has 0 spiro atoms. The van der Waals surface area contributed by atoms with Gasteiger partial charge in [0.2, 0.25) is 0 Å². The second-order valence-electron chi connectivity index (χ2n) is 25.2. The number of para-hydroxylation sites is 2. The first-order valence-corrected chi connectivity index (χ1v) is 35.0. The van der Waals surface area contributed by atoms with E-state index >= 15 is 0 Å². The van der Waals surface area contributed by atoms with E-state index in [0.717, 1.165) is 77.7 Å². The molecule has 0 unspecified atom stereocenters. The summed E-state index contributed by atoms with van der Waals surface area (Å²) in [4.78, 5) is 0. The number of anilines is 1. The van der Waals surface area contributed by atoms with Crippen LogP contribution in [0.4, 0.5) is 5.69 Å². The van der Waals surface area contributed by atoms with Gasteiger partial charge in [-0.3, -0.25) is 0 Å². The maximum atomic E-state index is 9.16. The van der Waals surface area contributed by atoms with Crippen molar-refractivity contribution in [3.63, 3.8) is 0 Å². The van der Waals surface area contributed by atoms with Crippen molar-refractivity contribution in [2.45, 2.75) is 87.2 Å². The van der Waals surface area contributed by atoms with Crippen LogP contribution in [-0.4, -0.2) is 5.11 Å². The fraction of sp³-hybridized carbons (Fsp3) is 0.134. The first-order chi connectivity index (χ1) is 49.7. The van der Waals surface area contributed by atoms with E-state index in [1.807, 2.05) is 165 Å². The van der Waals surface area contributed by atoms with Crippen LogP contribution >= 0.6 is 0 Å². The Hall–Kier alpha value is -11.9. The van der Waals surface area contributed by atoms with Crippen molar-refractivity contribution in [2.24, 2.45) is 0 Å². The number of hydrogen-bond donors (Lipinski definition) is 2. The standard InChI is InChI=1S/C14H15NO.2C14H14O.3C14H14.C13H12O/c1-11-7-8-13(15)9-14(11)16-10-12-5-3-2-4-6-12;1-11-2-4-12(5-3-11)10-13-6-8-14(15)9-7-13;1-2-12-8-10-14(11-9-12)15-13-6-4-3-5-7-13;3*1-12-7-9-14(10-8-12)11-13-5-3-2-4-6-13;1-11-7-9-13(10-8-11)14-12-5-3-2-4-6-12/h2-9H,10,15H2,1H3;2-9,15H,10H2,1H3;3-11H,2H2,1H3;3*2-10H,11H2,1H3;2-10H,1H3. The Bertz CT molecular complexity index is 4140. The highest BCUT2D eigenvalue weighted by Crippen LogP contribution is 2.25. The van der Waals surface area contributed by atoms with Crippen LogP contribution in [0.3, 0.4) is 0 Å². The van der Waals surface area contributed by atoms with E-state index < -0.39 is 0 Å². The summed E-state index contributed by atoms with van der Waals surface area (Å²) in [6.45, 7) is 15.2. The van der Waals surface area contributed by atoms with Gasteiger partial charge in [-0.05, 0) is 202 Å². The number of phenolic OH excluding ortho intramolecular Hbond substituents is 1. The predicted octanol–water partition coefficient (Wildman–Crippen LogP) is 25.0. The van der Waals surface area contributed by atoms with Crippen LogP contribution in [-0.2, 0) is 38.7 Å². The highest BCUT2D eigenvalue weighted by molar-refractivity contribution is 5.48. The number of nitrogen functional groups attached to an aromatic ring is 1. The summed E-state index contributed by atoms with van der Waals surface area (Å²) in [5.74, 6) is 4.69. The van der Waals surface area contributed by atoms with Crippen molar-refractivity contribution in [3.8, 4) is 34.5 Å². The Morgan fingerprint density at radius 1 is 0.255 bits per heavy atom. The van der Waals surface area contributed by atoms with Crippen molar-refractivity contribution >= 4 is 5.69 Å². The minimum atomic E-state index is 0.322. The second kappa shape index (κ2) is 42.8. The Balaban J connectivity index is 0.000000151. The number of aryl methyl sites for hydroxylation is 7. The molecule has 14 rings (SSSR count). The molecule has 0 aliphatic rings. The lowest BCUT2D eigenvalue weighted by Crippen LogP contribution is -1.97. The van der Waals surface area contributed by atoms with Crippen molar-refractivity contribution in [2.75, 3.05) is 5.73 Å². The largest absolute Gasteiger partial charge is 0.508 e. The molecule has 3 N–H and O–H groups in total. The van der Waals surface area contributed by atoms with E-state index in [0.29, 0.717) is 12.4 Å². The monoisotopic (exact) mass is 1340 g/mol. The lowest BCUT2D eigenvalue weighted by atomic mass is 10.0. The summed E-state index contributed by atoms with van der Waals surface area (Å²) in [6, 6.07) is 125. The van der Waals surface area contributed by atoms with Crippen LogP contribution in [0.2, 0.25) is 0 Å². The average Bonchev–Trinajstić information content (AvgIpc) is 0.951. The van der Waals surface area contributed by atoms with E-state index in [4.69, 9.17) is 25.1 Å². The van der Waals surface area contributed by atoms with Crippen LogP contribution in [0.25, 0.3) is 0 Å². The van der Waals surface area contributed by atoms with Crippen LogP contribution < -0.4 is 19.9 Å². The van der Waals surface area contributed by atoms with Gasteiger partial charge in [0.15, 0.2) is 0 Å². The highest BCUT2D eigenvalue weighted by Gasteiger charge is 2.03. The predicted molar refractivity (Wildman–Crippen MR) is 430 cm³/mol. The third-order valence-electron chi connectivity index (χ3n) is 16.3. The summed E-state index contributed by atoms with van der Waals surface area (Å²) < 4.78 is 17.0. The molecule has 0 saturated heterocycles. The molecule has 14 aromatic rings. The van der Waals surface area contributed by atoms with Gasteiger partial charge in [0.1, 0.15) is 41.1 Å². The molecule has 5 nitrogen and oxygen atoms in total. The fourth-order valence-electron chi connectivity index (χ4n) is 10.3. The molecule has 0 heterocycles. The average molecular weight is 1340 g/mol. The lowest BCUT2D eigenvalue weighted by molar-refractivity contribution is 0.304. The van der Waals surface area contributed by atoms with E-state index in [9.17, 15) is 0 Å². The minimum absolute atomic E-state index is 0.322. The number of nitrogens with two attached hydrogens (primary N) is 1. The van der Waals surface area contributed by atoms with E-state index in [-0.39, 0.29) is 0 Å². The Kier molecular flexibility index (Phi) is 31.8. The zero-order chi connectivity index (χ0) is 71.8. The normalized spacial score (nSPS) is 10.0. The summed E-state index contributed by atoms with van der Waals surface area (Å²) in [5, 5.41) is 9.16. The molecular weight excluding hydrogens is 1240 g/mol. The van der Waals surface area contributed by atoms with Crippen LogP contribution in [0, 0.1) is 41.5 Å². The third kappa shape index (κ3) is 29.7. The quantitative estimate of drug-likeness (QED) is 0.0943. The first kappa shape index (κ1) is 75.8. The van der Waals surface area contributed by atoms with Gasteiger partial charge in [0.05, 0.1) is 0 Å². The molecule has 102 heavy (non-hydrogen) atoms. The number of aromatic hydroxyl groups is 1. The zero-order valence-corrected chi connectivity index (χ0v) is 60.2. The van der Waals surface area contributed by atoms with Crippen molar-refractivity contribution in [1.29, 1.82) is 0 Å².